The van der Waals surface area contributed by atoms with Crippen LogP contribution in [0.4, 0.5) is 4.79 Å². The molecule has 0 saturated heterocycles. The summed E-state index contributed by atoms with van der Waals surface area (Å²) in [4.78, 5) is 22.5. The third kappa shape index (κ3) is 6.03. The van der Waals surface area contributed by atoms with Crippen molar-refractivity contribution in [2.75, 3.05) is 12.8 Å². The van der Waals surface area contributed by atoms with Crippen molar-refractivity contribution in [3.05, 3.63) is 0 Å². The summed E-state index contributed by atoms with van der Waals surface area (Å²) in [6.45, 7) is 2.22. The SMILES string of the molecule is CSC1CCCCC1NC(=O)NCCCC(C)C(=O)O. The lowest BCUT2D eigenvalue weighted by molar-refractivity contribution is -0.141. The number of carbonyl (C=O) groups excluding carboxylic acids is 1. The summed E-state index contributed by atoms with van der Waals surface area (Å²) in [5, 5.41) is 15.1. The van der Waals surface area contributed by atoms with Gasteiger partial charge in [0.2, 0.25) is 0 Å². The Hall–Kier alpha value is -0.910. The highest BCUT2D eigenvalue weighted by atomic mass is 32.2. The Morgan fingerprint density at radius 3 is 2.70 bits per heavy atom. The molecular weight excluding hydrogens is 276 g/mol. The Labute approximate surface area is 125 Å². The molecule has 1 aliphatic carbocycles. The second-order valence-corrected chi connectivity index (χ2v) is 6.52. The standard InChI is InChI=1S/C14H26N2O3S/c1-10(13(17)18)6-5-9-15-14(19)16-11-7-3-4-8-12(11)20-2/h10-12H,3-9H2,1-2H3,(H,17,18)(H2,15,16,19). The van der Waals surface area contributed by atoms with E-state index in [1.165, 1.54) is 19.3 Å². The molecule has 1 saturated carbocycles. The maximum atomic E-state index is 11.8. The lowest BCUT2D eigenvalue weighted by Gasteiger charge is -2.30. The van der Waals surface area contributed by atoms with Crippen LogP contribution in [0.3, 0.4) is 0 Å². The number of hydrogen-bond acceptors (Lipinski definition) is 3. The van der Waals surface area contributed by atoms with E-state index in [1.807, 2.05) is 11.8 Å². The highest BCUT2D eigenvalue weighted by molar-refractivity contribution is 7.99. The van der Waals surface area contributed by atoms with Crippen LogP contribution in [0.5, 0.6) is 0 Å². The number of carboxylic acid groups (broad SMARTS) is 1. The summed E-state index contributed by atoms with van der Waals surface area (Å²) >= 11 is 1.82. The van der Waals surface area contributed by atoms with Crippen molar-refractivity contribution in [1.82, 2.24) is 10.6 Å². The average molecular weight is 302 g/mol. The summed E-state index contributed by atoms with van der Waals surface area (Å²) in [5.41, 5.74) is 0. The van der Waals surface area contributed by atoms with Crippen LogP contribution < -0.4 is 10.6 Å². The molecule has 0 spiro atoms. The number of hydrogen-bond donors (Lipinski definition) is 3. The second-order valence-electron chi connectivity index (χ2n) is 5.45. The Bertz CT molecular complexity index is 326. The highest BCUT2D eigenvalue weighted by Gasteiger charge is 2.25. The first-order valence-corrected chi connectivity index (χ1v) is 8.63. The van der Waals surface area contributed by atoms with E-state index in [4.69, 9.17) is 5.11 Å². The van der Waals surface area contributed by atoms with Crippen LogP contribution in [0.2, 0.25) is 0 Å². The molecule has 3 N–H and O–H groups in total. The minimum atomic E-state index is -0.778. The van der Waals surface area contributed by atoms with Crippen LogP contribution in [0.15, 0.2) is 0 Å². The number of rotatable bonds is 7. The van der Waals surface area contributed by atoms with Crippen LogP contribution in [-0.2, 0) is 4.79 Å². The van der Waals surface area contributed by atoms with Crippen molar-refractivity contribution in [3.63, 3.8) is 0 Å². The maximum Gasteiger partial charge on any atom is 0.315 e. The van der Waals surface area contributed by atoms with E-state index in [2.05, 4.69) is 16.9 Å². The summed E-state index contributed by atoms with van der Waals surface area (Å²) in [6, 6.07) is 0.135. The van der Waals surface area contributed by atoms with Gasteiger partial charge in [-0.05, 0) is 31.9 Å². The zero-order valence-electron chi connectivity index (χ0n) is 12.4. The van der Waals surface area contributed by atoms with Gasteiger partial charge in [-0.25, -0.2) is 4.79 Å². The number of carboxylic acids is 1. The largest absolute Gasteiger partial charge is 0.481 e. The molecule has 0 aromatic heterocycles. The molecule has 0 aliphatic heterocycles. The van der Waals surface area contributed by atoms with Gasteiger partial charge in [0.15, 0.2) is 0 Å². The van der Waals surface area contributed by atoms with Crippen LogP contribution in [0.25, 0.3) is 0 Å². The van der Waals surface area contributed by atoms with Crippen molar-refractivity contribution in [3.8, 4) is 0 Å². The molecule has 1 fully saturated rings. The molecule has 20 heavy (non-hydrogen) atoms. The molecule has 0 aromatic rings. The van der Waals surface area contributed by atoms with Crippen LogP contribution in [0, 0.1) is 5.92 Å². The fourth-order valence-corrected chi connectivity index (χ4v) is 3.43. The molecule has 3 atom stereocenters. The quantitative estimate of drug-likeness (QED) is 0.631. The van der Waals surface area contributed by atoms with E-state index in [9.17, 15) is 9.59 Å². The first kappa shape index (κ1) is 17.1. The molecule has 0 aromatic carbocycles. The zero-order chi connectivity index (χ0) is 15.0. The van der Waals surface area contributed by atoms with Gasteiger partial charge in [-0.1, -0.05) is 19.8 Å². The normalized spacial score (nSPS) is 23.9. The smallest absolute Gasteiger partial charge is 0.315 e. The minimum Gasteiger partial charge on any atom is -0.481 e. The lowest BCUT2D eigenvalue weighted by atomic mass is 9.95. The minimum absolute atomic E-state index is 0.126. The molecular formula is C14H26N2O3S. The molecule has 0 bridgehead atoms. The molecule has 2 amide bonds. The first-order valence-electron chi connectivity index (χ1n) is 7.34. The Morgan fingerprint density at radius 1 is 1.35 bits per heavy atom. The predicted octanol–water partition coefficient (Wildman–Crippen LogP) is 2.46. The fraction of sp³-hybridized carbons (Fsp3) is 0.857. The molecule has 6 heteroatoms. The summed E-state index contributed by atoms with van der Waals surface area (Å²) in [6.07, 6.45) is 8.02. The zero-order valence-corrected chi connectivity index (χ0v) is 13.2. The second kappa shape index (κ2) is 9.10. The Kier molecular flexibility index (Phi) is 7.80. The first-order chi connectivity index (χ1) is 9.54. The monoisotopic (exact) mass is 302 g/mol. The molecule has 5 nitrogen and oxygen atoms in total. The Morgan fingerprint density at radius 2 is 2.05 bits per heavy atom. The van der Waals surface area contributed by atoms with Crippen LogP contribution in [0.1, 0.15) is 45.4 Å². The molecule has 116 valence electrons. The summed E-state index contributed by atoms with van der Waals surface area (Å²) in [7, 11) is 0. The van der Waals surface area contributed by atoms with Gasteiger partial charge in [0, 0.05) is 17.8 Å². The fourth-order valence-electron chi connectivity index (χ4n) is 2.50. The molecule has 1 aliphatic rings. The van der Waals surface area contributed by atoms with E-state index in [-0.39, 0.29) is 18.0 Å². The van der Waals surface area contributed by atoms with Crippen molar-refractivity contribution in [2.24, 2.45) is 5.92 Å². The number of urea groups is 1. The van der Waals surface area contributed by atoms with Crippen molar-refractivity contribution in [1.29, 1.82) is 0 Å². The summed E-state index contributed by atoms with van der Waals surface area (Å²) < 4.78 is 0. The summed E-state index contributed by atoms with van der Waals surface area (Å²) in [5.74, 6) is -1.13. The number of carbonyl (C=O) groups is 2. The Balaban J connectivity index is 2.18. The van der Waals surface area contributed by atoms with Crippen molar-refractivity contribution >= 4 is 23.8 Å². The number of amides is 2. The third-order valence-electron chi connectivity index (χ3n) is 3.84. The van der Waals surface area contributed by atoms with E-state index in [0.29, 0.717) is 24.6 Å². The number of nitrogens with one attached hydrogen (secondary N) is 2. The third-order valence-corrected chi connectivity index (χ3v) is 5.01. The van der Waals surface area contributed by atoms with E-state index >= 15 is 0 Å². The molecule has 0 radical (unpaired) electrons. The van der Waals surface area contributed by atoms with Crippen LogP contribution in [-0.4, -0.2) is 41.2 Å². The highest BCUT2D eigenvalue weighted by Crippen LogP contribution is 2.26. The topological polar surface area (TPSA) is 78.4 Å². The predicted molar refractivity (Wildman–Crippen MR) is 82.1 cm³/mol. The molecule has 0 heterocycles. The maximum absolute atomic E-state index is 11.8. The van der Waals surface area contributed by atoms with Crippen molar-refractivity contribution in [2.45, 2.75) is 56.7 Å². The number of aliphatic carboxylic acids is 1. The van der Waals surface area contributed by atoms with Crippen molar-refractivity contribution < 1.29 is 14.7 Å². The van der Waals surface area contributed by atoms with Gasteiger partial charge in [0.05, 0.1) is 5.92 Å². The van der Waals surface area contributed by atoms with Gasteiger partial charge >= 0.3 is 12.0 Å². The van der Waals surface area contributed by atoms with Gasteiger partial charge in [-0.15, -0.1) is 0 Å². The average Bonchev–Trinajstić information content (AvgIpc) is 2.43. The van der Waals surface area contributed by atoms with Gasteiger partial charge in [0.25, 0.3) is 0 Å². The van der Waals surface area contributed by atoms with E-state index < -0.39 is 5.97 Å². The lowest BCUT2D eigenvalue weighted by Crippen LogP contribution is -2.48. The molecule has 1 rings (SSSR count). The van der Waals surface area contributed by atoms with Gasteiger partial charge < -0.3 is 15.7 Å². The van der Waals surface area contributed by atoms with E-state index in [1.54, 1.807) is 6.92 Å². The number of thioether (sulfide) groups is 1. The molecule has 3 unspecified atom stereocenters. The van der Waals surface area contributed by atoms with Gasteiger partial charge in [0.1, 0.15) is 0 Å². The van der Waals surface area contributed by atoms with Gasteiger partial charge in [-0.2, -0.15) is 11.8 Å². The van der Waals surface area contributed by atoms with E-state index in [0.717, 1.165) is 6.42 Å². The van der Waals surface area contributed by atoms with Gasteiger partial charge in [-0.3, -0.25) is 4.79 Å². The van der Waals surface area contributed by atoms with Crippen LogP contribution >= 0.6 is 11.8 Å².